The Morgan fingerprint density at radius 1 is 1.15 bits per heavy atom. The molecule has 2 aromatic carbocycles. The van der Waals surface area contributed by atoms with Gasteiger partial charge in [0.05, 0.1) is 19.0 Å². The molecule has 1 atom stereocenters. The monoisotopic (exact) mass is 374 g/mol. The van der Waals surface area contributed by atoms with Gasteiger partial charge in [0, 0.05) is 5.02 Å². The van der Waals surface area contributed by atoms with E-state index in [1.165, 1.54) is 12.7 Å². The lowest BCUT2D eigenvalue weighted by Gasteiger charge is -2.13. The summed E-state index contributed by atoms with van der Waals surface area (Å²) in [6.07, 6.45) is 0.804. The molecule has 5 nitrogen and oxygen atoms in total. The molecule has 138 valence electrons. The number of carbonyl (C=O) groups excluding carboxylic acids is 1. The van der Waals surface area contributed by atoms with Crippen molar-refractivity contribution >= 4 is 29.4 Å². The van der Waals surface area contributed by atoms with Crippen molar-refractivity contribution in [2.75, 3.05) is 12.4 Å². The van der Waals surface area contributed by atoms with Crippen LogP contribution in [0.5, 0.6) is 5.75 Å². The predicted molar refractivity (Wildman–Crippen MR) is 105 cm³/mol. The first kappa shape index (κ1) is 19.8. The van der Waals surface area contributed by atoms with Gasteiger partial charge in [0.2, 0.25) is 6.10 Å². The van der Waals surface area contributed by atoms with Gasteiger partial charge in [-0.05, 0) is 42.2 Å². The van der Waals surface area contributed by atoms with E-state index in [0.29, 0.717) is 22.4 Å². The number of methoxy groups -OCH3 is 1. The number of anilines is 1. The first-order chi connectivity index (χ1) is 12.4. The van der Waals surface area contributed by atoms with Gasteiger partial charge in [0.25, 0.3) is 5.91 Å². The fourth-order valence-corrected chi connectivity index (χ4v) is 2.38. The number of hydrogen-bond acceptors (Lipinski definition) is 4. The van der Waals surface area contributed by atoms with Gasteiger partial charge < -0.3 is 14.9 Å². The number of halogens is 1. The molecular weight excluding hydrogens is 352 g/mol. The molecule has 0 aromatic heterocycles. The molecule has 0 saturated heterocycles. The van der Waals surface area contributed by atoms with Crippen LogP contribution in [0.4, 0.5) is 5.69 Å². The minimum atomic E-state index is -0.773. The van der Waals surface area contributed by atoms with E-state index in [1.54, 1.807) is 31.3 Å². The summed E-state index contributed by atoms with van der Waals surface area (Å²) in [5.74, 6) is 0.644. The van der Waals surface area contributed by atoms with Crippen LogP contribution in [0.1, 0.15) is 37.8 Å². The summed E-state index contributed by atoms with van der Waals surface area (Å²) in [5.41, 5.74) is 2.64. The van der Waals surface area contributed by atoms with Crippen LogP contribution in [-0.4, -0.2) is 25.3 Å². The topological polar surface area (TPSA) is 59.9 Å². The molecule has 1 N–H and O–H groups in total. The van der Waals surface area contributed by atoms with Gasteiger partial charge in [0.15, 0.2) is 0 Å². The third kappa shape index (κ3) is 5.49. The smallest absolute Gasteiger partial charge is 0.268 e. The number of hydrogen-bond donors (Lipinski definition) is 1. The van der Waals surface area contributed by atoms with Crippen LogP contribution in [0.2, 0.25) is 5.02 Å². The zero-order chi connectivity index (χ0) is 19.1. The number of benzene rings is 2. The molecule has 0 saturated carbocycles. The fraction of sp³-hybridized carbons (Fsp3) is 0.300. The van der Waals surface area contributed by atoms with Crippen LogP contribution in [0, 0.1) is 0 Å². The summed E-state index contributed by atoms with van der Waals surface area (Å²) in [5, 5.41) is 7.12. The number of amides is 1. The summed E-state index contributed by atoms with van der Waals surface area (Å²) in [6, 6.07) is 13.0. The van der Waals surface area contributed by atoms with Crippen molar-refractivity contribution in [3.05, 3.63) is 58.6 Å². The maximum atomic E-state index is 12.2. The van der Waals surface area contributed by atoms with Crippen LogP contribution in [0.25, 0.3) is 0 Å². The van der Waals surface area contributed by atoms with E-state index < -0.39 is 6.10 Å². The molecule has 0 aliphatic carbocycles. The molecular formula is C20H23ClN2O3. The third-order valence-electron chi connectivity index (χ3n) is 3.81. The van der Waals surface area contributed by atoms with E-state index >= 15 is 0 Å². The van der Waals surface area contributed by atoms with E-state index in [0.717, 1.165) is 5.56 Å². The van der Waals surface area contributed by atoms with Crippen molar-refractivity contribution in [2.45, 2.75) is 32.8 Å². The number of nitrogens with zero attached hydrogens (tertiary/aromatic N) is 1. The van der Waals surface area contributed by atoms with Crippen molar-refractivity contribution < 1.29 is 14.4 Å². The van der Waals surface area contributed by atoms with Crippen LogP contribution in [0.15, 0.2) is 47.6 Å². The highest BCUT2D eigenvalue weighted by Gasteiger charge is 2.16. The van der Waals surface area contributed by atoms with Crippen LogP contribution >= 0.6 is 11.6 Å². The highest BCUT2D eigenvalue weighted by Crippen LogP contribution is 2.27. The third-order valence-corrected chi connectivity index (χ3v) is 4.05. The first-order valence-electron chi connectivity index (χ1n) is 8.34. The van der Waals surface area contributed by atoms with Gasteiger partial charge in [-0.3, -0.25) is 4.79 Å². The van der Waals surface area contributed by atoms with E-state index in [4.69, 9.17) is 21.2 Å². The first-order valence-corrected chi connectivity index (χ1v) is 8.72. The Hall–Kier alpha value is -2.53. The number of ether oxygens (including phenoxy) is 1. The molecule has 1 amide bonds. The van der Waals surface area contributed by atoms with Gasteiger partial charge in [-0.15, -0.1) is 0 Å². The zero-order valence-corrected chi connectivity index (χ0v) is 16.1. The van der Waals surface area contributed by atoms with Crippen molar-refractivity contribution in [2.24, 2.45) is 5.16 Å². The Morgan fingerprint density at radius 3 is 2.46 bits per heavy atom. The lowest BCUT2D eigenvalue weighted by Crippen LogP contribution is -2.26. The Morgan fingerprint density at radius 2 is 1.85 bits per heavy atom. The van der Waals surface area contributed by atoms with Crippen molar-refractivity contribution in [1.29, 1.82) is 0 Å². The second-order valence-electron chi connectivity index (χ2n) is 6.14. The molecule has 0 radical (unpaired) electrons. The number of carbonyl (C=O) groups is 1. The average molecular weight is 375 g/mol. The second kappa shape index (κ2) is 9.25. The van der Waals surface area contributed by atoms with Gasteiger partial charge >= 0.3 is 0 Å². The van der Waals surface area contributed by atoms with E-state index in [2.05, 4.69) is 24.3 Å². The van der Waals surface area contributed by atoms with Crippen LogP contribution < -0.4 is 10.1 Å². The average Bonchev–Trinajstić information content (AvgIpc) is 2.62. The lowest BCUT2D eigenvalue weighted by molar-refractivity contribution is -0.126. The Labute approximate surface area is 158 Å². The maximum absolute atomic E-state index is 12.2. The molecule has 2 aromatic rings. The van der Waals surface area contributed by atoms with Gasteiger partial charge in [0.1, 0.15) is 5.75 Å². The molecule has 0 spiro atoms. The molecule has 0 heterocycles. The molecule has 0 fully saturated rings. The Bertz CT molecular complexity index is 773. The number of oxime groups is 1. The summed E-state index contributed by atoms with van der Waals surface area (Å²) in [6.45, 7) is 5.90. The normalized spacial score (nSPS) is 12.2. The van der Waals surface area contributed by atoms with Gasteiger partial charge in [-0.25, -0.2) is 0 Å². The zero-order valence-electron chi connectivity index (χ0n) is 15.3. The largest absolute Gasteiger partial charge is 0.495 e. The second-order valence-corrected chi connectivity index (χ2v) is 6.57. The minimum Gasteiger partial charge on any atom is -0.495 e. The maximum Gasteiger partial charge on any atom is 0.268 e. The molecule has 6 heteroatoms. The minimum absolute atomic E-state index is 0.349. The molecule has 0 unspecified atom stereocenters. The fourth-order valence-electron chi connectivity index (χ4n) is 2.21. The summed E-state index contributed by atoms with van der Waals surface area (Å²) in [4.78, 5) is 17.5. The molecule has 26 heavy (non-hydrogen) atoms. The highest BCUT2D eigenvalue weighted by molar-refractivity contribution is 6.31. The summed E-state index contributed by atoms with van der Waals surface area (Å²) >= 11 is 5.96. The Kier molecular flexibility index (Phi) is 7.04. The number of rotatable bonds is 7. The number of nitrogens with one attached hydrogen (secondary N) is 1. The molecule has 0 aliphatic heterocycles. The quantitative estimate of drug-likeness (QED) is 0.556. The van der Waals surface area contributed by atoms with Gasteiger partial charge in [-0.2, -0.15) is 0 Å². The van der Waals surface area contributed by atoms with Crippen molar-refractivity contribution in [1.82, 2.24) is 0 Å². The molecule has 2 rings (SSSR count). The van der Waals surface area contributed by atoms with E-state index in [1.807, 2.05) is 24.3 Å². The lowest BCUT2D eigenvalue weighted by atomic mass is 10.0. The van der Waals surface area contributed by atoms with E-state index in [-0.39, 0.29) is 5.91 Å². The van der Waals surface area contributed by atoms with Crippen LogP contribution in [0.3, 0.4) is 0 Å². The van der Waals surface area contributed by atoms with E-state index in [9.17, 15) is 4.79 Å². The summed E-state index contributed by atoms with van der Waals surface area (Å²) in [7, 11) is 1.52. The SMILES string of the molecule is COc1ccc(Cl)cc1NC(=O)[C@@H](C)O/N=C\c1ccc(C(C)C)cc1. The Balaban J connectivity index is 1.93. The van der Waals surface area contributed by atoms with Crippen molar-refractivity contribution in [3.63, 3.8) is 0 Å². The van der Waals surface area contributed by atoms with Crippen LogP contribution in [-0.2, 0) is 9.63 Å². The summed E-state index contributed by atoms with van der Waals surface area (Å²) < 4.78 is 5.20. The predicted octanol–water partition coefficient (Wildman–Crippen LogP) is 4.85. The van der Waals surface area contributed by atoms with Gasteiger partial charge in [-0.1, -0.05) is 54.9 Å². The van der Waals surface area contributed by atoms with Crippen molar-refractivity contribution in [3.8, 4) is 5.75 Å². The molecule has 0 aliphatic rings. The molecule has 0 bridgehead atoms. The highest BCUT2D eigenvalue weighted by atomic mass is 35.5. The standard InChI is InChI=1S/C20H23ClN2O3/c1-13(2)16-7-5-15(6-8-16)12-22-26-14(3)20(24)23-18-11-17(21)9-10-19(18)25-4/h5-14H,1-4H3,(H,23,24)/b22-12-/t14-/m1/s1.